The standard InChI is InChI=1S/C78H149NO8/c1-6-8-10-12-14-16-18-20-22-24-26-28-30-32-34-35-36-37-38-39-40-41-43-45-47-49-51-53-55-57-59-61-63-65-67-69-76(81)87-74(73-86-78(77(82)83)84-71-70-79(3,4)5)72-85-75(80)68-66-64-62-60-58-56-54-52-50-48-46-44-42-33-31-29-27-25-23-21-19-17-15-13-11-9-7-2/h24-27,74,78H,6-23,28-73H2,1-5H3/p+1/b26-24-,27-25-. The first-order valence-corrected chi connectivity index (χ1v) is 38.5. The number of carbonyl (C=O) groups is 3. The molecule has 9 nitrogen and oxygen atoms in total. The smallest absolute Gasteiger partial charge is 0.361 e. The Morgan fingerprint density at radius 2 is 0.586 bits per heavy atom. The monoisotopic (exact) mass is 1230 g/mol. The zero-order chi connectivity index (χ0) is 63.3. The van der Waals surface area contributed by atoms with Crippen LogP contribution in [0.3, 0.4) is 0 Å². The van der Waals surface area contributed by atoms with Gasteiger partial charge in [0.2, 0.25) is 0 Å². The second-order valence-electron chi connectivity index (χ2n) is 27.7. The zero-order valence-electron chi connectivity index (χ0n) is 59.0. The Kier molecular flexibility index (Phi) is 67.9. The Morgan fingerprint density at radius 3 is 0.851 bits per heavy atom. The molecule has 0 aromatic carbocycles. The second kappa shape index (κ2) is 69.7. The maximum atomic E-state index is 13.0. The van der Waals surface area contributed by atoms with E-state index >= 15 is 0 Å². The van der Waals surface area contributed by atoms with Crippen LogP contribution in [0, 0.1) is 0 Å². The molecule has 0 aliphatic heterocycles. The molecule has 0 spiro atoms. The summed E-state index contributed by atoms with van der Waals surface area (Å²) < 4.78 is 23.0. The van der Waals surface area contributed by atoms with Gasteiger partial charge < -0.3 is 28.5 Å². The summed E-state index contributed by atoms with van der Waals surface area (Å²) in [6, 6.07) is 0. The predicted octanol–water partition coefficient (Wildman–Crippen LogP) is 24.1. The highest BCUT2D eigenvalue weighted by molar-refractivity contribution is 5.71. The van der Waals surface area contributed by atoms with Crippen molar-refractivity contribution in [1.82, 2.24) is 0 Å². The van der Waals surface area contributed by atoms with Crippen LogP contribution in [0.2, 0.25) is 0 Å². The predicted molar refractivity (Wildman–Crippen MR) is 374 cm³/mol. The fraction of sp³-hybridized carbons (Fsp3) is 0.910. The highest BCUT2D eigenvalue weighted by atomic mass is 16.7. The Bertz CT molecular complexity index is 1480. The lowest BCUT2D eigenvalue weighted by atomic mass is 10.0. The number of unbranched alkanes of at least 4 members (excludes halogenated alkanes) is 54. The fourth-order valence-corrected chi connectivity index (χ4v) is 11.8. The first kappa shape index (κ1) is 84.8. The van der Waals surface area contributed by atoms with E-state index in [1.54, 1.807) is 0 Å². The van der Waals surface area contributed by atoms with Gasteiger partial charge in [0.15, 0.2) is 6.10 Å². The number of carboxylic acids is 1. The summed E-state index contributed by atoms with van der Waals surface area (Å²) in [6.07, 6.45) is 84.7. The topological polar surface area (TPSA) is 108 Å². The molecule has 0 aliphatic rings. The maximum Gasteiger partial charge on any atom is 0.361 e. The number of rotatable bonds is 73. The molecule has 514 valence electrons. The second-order valence-corrected chi connectivity index (χ2v) is 27.7. The van der Waals surface area contributed by atoms with Crippen LogP contribution in [0.15, 0.2) is 24.3 Å². The van der Waals surface area contributed by atoms with Crippen molar-refractivity contribution < 1.29 is 42.9 Å². The molecule has 0 radical (unpaired) electrons. The minimum absolute atomic E-state index is 0.175. The number of ether oxygens (including phenoxy) is 4. The van der Waals surface area contributed by atoms with E-state index in [4.69, 9.17) is 18.9 Å². The van der Waals surface area contributed by atoms with E-state index in [9.17, 15) is 19.5 Å². The summed E-state index contributed by atoms with van der Waals surface area (Å²) >= 11 is 0. The van der Waals surface area contributed by atoms with Gasteiger partial charge in [0.25, 0.3) is 6.29 Å². The van der Waals surface area contributed by atoms with Crippen LogP contribution in [-0.4, -0.2) is 87.4 Å². The first-order chi connectivity index (χ1) is 42.6. The van der Waals surface area contributed by atoms with Crippen LogP contribution in [0.1, 0.15) is 399 Å². The summed E-state index contributed by atoms with van der Waals surface area (Å²) in [5.41, 5.74) is 0. The Balaban J connectivity index is 3.99. The van der Waals surface area contributed by atoms with Gasteiger partial charge in [-0.15, -0.1) is 0 Å². The molecule has 9 heteroatoms. The molecule has 1 N–H and O–H groups in total. The number of nitrogens with zero attached hydrogens (tertiary/aromatic N) is 1. The average molecular weight is 1230 g/mol. The number of aliphatic carboxylic acids is 1. The molecule has 0 aromatic rings. The molecule has 0 heterocycles. The van der Waals surface area contributed by atoms with Crippen LogP contribution in [0.5, 0.6) is 0 Å². The quantitative estimate of drug-likeness (QED) is 0.0211. The van der Waals surface area contributed by atoms with Crippen molar-refractivity contribution in [3.05, 3.63) is 24.3 Å². The molecule has 87 heavy (non-hydrogen) atoms. The molecule has 0 bridgehead atoms. The highest BCUT2D eigenvalue weighted by Gasteiger charge is 2.25. The zero-order valence-corrected chi connectivity index (χ0v) is 59.0. The normalized spacial score (nSPS) is 12.7. The molecule has 0 saturated carbocycles. The number of hydrogen-bond acceptors (Lipinski definition) is 7. The molecule has 2 atom stereocenters. The SMILES string of the molecule is CCCCCCCCCC/C=C\CCCCCCCCCCCCCCCCCCCCCCCCCC(=O)OC(COC(=O)CCCCCCCCCCCCCCCCC/C=C\CCCCCCCCCC)COC(OCC[N+](C)(C)C)C(=O)O. The third-order valence-electron chi connectivity index (χ3n) is 17.7. The lowest BCUT2D eigenvalue weighted by Gasteiger charge is -2.25. The molecule has 0 aromatic heterocycles. The molecular weight excluding hydrogens is 1080 g/mol. The molecule has 0 rings (SSSR count). The highest BCUT2D eigenvalue weighted by Crippen LogP contribution is 2.19. The van der Waals surface area contributed by atoms with Gasteiger partial charge in [-0.1, -0.05) is 346 Å². The van der Waals surface area contributed by atoms with Crippen LogP contribution in [0.4, 0.5) is 0 Å². The van der Waals surface area contributed by atoms with Crippen molar-refractivity contribution in [2.45, 2.75) is 411 Å². The van der Waals surface area contributed by atoms with E-state index in [1.807, 2.05) is 21.1 Å². The molecular formula is C78H150NO8+. The molecule has 0 aliphatic carbocycles. The van der Waals surface area contributed by atoms with Crippen LogP contribution in [-0.2, 0) is 33.3 Å². The van der Waals surface area contributed by atoms with Gasteiger partial charge in [-0.05, 0) is 64.2 Å². The van der Waals surface area contributed by atoms with Crippen LogP contribution < -0.4 is 0 Å². The number of carbonyl (C=O) groups excluding carboxylic acids is 2. The van der Waals surface area contributed by atoms with Crippen molar-refractivity contribution in [3.8, 4) is 0 Å². The van der Waals surface area contributed by atoms with Gasteiger partial charge in [0.05, 0.1) is 34.4 Å². The van der Waals surface area contributed by atoms with Crippen LogP contribution >= 0.6 is 0 Å². The Morgan fingerprint density at radius 1 is 0.333 bits per heavy atom. The average Bonchev–Trinajstić information content (AvgIpc) is 3.56. The Hall–Kier alpha value is -2.23. The van der Waals surface area contributed by atoms with Crippen LogP contribution in [0.25, 0.3) is 0 Å². The van der Waals surface area contributed by atoms with E-state index in [2.05, 4.69) is 38.2 Å². The lowest BCUT2D eigenvalue weighted by Crippen LogP contribution is -2.40. The van der Waals surface area contributed by atoms with Crippen molar-refractivity contribution in [1.29, 1.82) is 0 Å². The molecule has 0 saturated heterocycles. The third kappa shape index (κ3) is 71.1. The van der Waals surface area contributed by atoms with E-state index in [0.29, 0.717) is 17.4 Å². The maximum absolute atomic E-state index is 13.0. The first-order valence-electron chi connectivity index (χ1n) is 38.5. The molecule has 0 fully saturated rings. The third-order valence-corrected chi connectivity index (χ3v) is 17.7. The van der Waals surface area contributed by atoms with Gasteiger partial charge in [-0.3, -0.25) is 9.59 Å². The van der Waals surface area contributed by atoms with Gasteiger partial charge >= 0.3 is 17.9 Å². The fourth-order valence-electron chi connectivity index (χ4n) is 11.8. The van der Waals surface area contributed by atoms with Gasteiger partial charge in [-0.2, -0.15) is 0 Å². The van der Waals surface area contributed by atoms with Crippen molar-refractivity contribution in [2.24, 2.45) is 0 Å². The molecule has 2 unspecified atom stereocenters. The van der Waals surface area contributed by atoms with Crippen molar-refractivity contribution in [2.75, 3.05) is 47.5 Å². The summed E-state index contributed by atoms with van der Waals surface area (Å²) in [5, 5.41) is 9.76. The summed E-state index contributed by atoms with van der Waals surface area (Å²) in [7, 11) is 6.00. The van der Waals surface area contributed by atoms with E-state index < -0.39 is 18.4 Å². The van der Waals surface area contributed by atoms with Crippen molar-refractivity contribution in [3.63, 3.8) is 0 Å². The van der Waals surface area contributed by atoms with Gasteiger partial charge in [-0.25, -0.2) is 4.79 Å². The van der Waals surface area contributed by atoms with Gasteiger partial charge in [0.1, 0.15) is 13.2 Å². The number of allylic oxidation sites excluding steroid dienone is 4. The van der Waals surface area contributed by atoms with Crippen molar-refractivity contribution >= 4 is 17.9 Å². The Labute approximate surface area is 541 Å². The summed E-state index contributed by atoms with van der Waals surface area (Å²) in [4.78, 5) is 37.7. The number of quaternary nitrogens is 1. The van der Waals surface area contributed by atoms with E-state index in [-0.39, 0.29) is 38.2 Å². The lowest BCUT2D eigenvalue weighted by molar-refractivity contribution is -0.870. The summed E-state index contributed by atoms with van der Waals surface area (Å²) in [5.74, 6) is -1.97. The minimum Gasteiger partial charge on any atom is -0.477 e. The number of carboxylic acid groups (broad SMARTS) is 1. The summed E-state index contributed by atoms with van der Waals surface area (Å²) in [6.45, 7) is 4.96. The van der Waals surface area contributed by atoms with Gasteiger partial charge in [0, 0.05) is 12.8 Å². The number of esters is 2. The van der Waals surface area contributed by atoms with E-state index in [0.717, 1.165) is 38.5 Å². The number of hydrogen-bond donors (Lipinski definition) is 1. The minimum atomic E-state index is -1.51. The molecule has 0 amide bonds. The largest absolute Gasteiger partial charge is 0.477 e. The number of likely N-dealkylation sites (N-methyl/N-ethyl adjacent to an activating group) is 1. The van der Waals surface area contributed by atoms with E-state index in [1.165, 1.54) is 334 Å².